The molecule has 1 unspecified atom stereocenters. The second-order valence-electron chi connectivity index (χ2n) is 4.47. The maximum Gasteiger partial charge on any atom is 0.404 e. The first-order valence-corrected chi connectivity index (χ1v) is 5.69. The van der Waals surface area contributed by atoms with E-state index in [4.69, 9.17) is 11.6 Å². The molecule has 0 aliphatic carbocycles. The van der Waals surface area contributed by atoms with Gasteiger partial charge >= 0.3 is 12.4 Å². The lowest BCUT2D eigenvalue weighted by molar-refractivity contribution is -0.335. The van der Waals surface area contributed by atoms with Gasteiger partial charge in [-0.2, -0.15) is 26.3 Å². The van der Waals surface area contributed by atoms with E-state index in [1.54, 1.807) is 6.92 Å². The van der Waals surface area contributed by atoms with Crippen LogP contribution in [0.1, 0.15) is 23.4 Å². The summed E-state index contributed by atoms with van der Waals surface area (Å²) in [5.41, 5.74) is -3.51. The SMILES string of the molecule is Cc1ccc(C(Cl)C(C)(C(F)(F)F)C(F)(F)F)cc1. The smallest absolute Gasteiger partial charge is 0.170 e. The number of aryl methyl sites for hydroxylation is 1. The number of hydrogen-bond acceptors (Lipinski definition) is 0. The maximum absolute atomic E-state index is 12.8. The Hall–Kier alpha value is -0.910. The summed E-state index contributed by atoms with van der Waals surface area (Å²) in [4.78, 5) is 0. The molecule has 0 heterocycles. The molecule has 0 N–H and O–H groups in total. The predicted molar refractivity (Wildman–Crippen MR) is 60.0 cm³/mol. The third-order valence-corrected chi connectivity index (χ3v) is 3.74. The molecule has 1 aromatic carbocycles. The molecule has 0 saturated heterocycles. The summed E-state index contributed by atoms with van der Waals surface area (Å²) in [6, 6.07) is 5.17. The summed E-state index contributed by atoms with van der Waals surface area (Å²) >= 11 is 5.50. The lowest BCUT2D eigenvalue weighted by Crippen LogP contribution is -2.50. The van der Waals surface area contributed by atoms with E-state index in [2.05, 4.69) is 0 Å². The van der Waals surface area contributed by atoms with E-state index in [1.807, 2.05) is 0 Å². The van der Waals surface area contributed by atoms with Crippen LogP contribution in [0, 0.1) is 12.3 Å². The van der Waals surface area contributed by atoms with Gasteiger partial charge < -0.3 is 0 Å². The molecule has 0 aromatic heterocycles. The quantitative estimate of drug-likeness (QED) is 0.506. The third-order valence-electron chi connectivity index (χ3n) is 3.05. The topological polar surface area (TPSA) is 0 Å². The van der Waals surface area contributed by atoms with Crippen molar-refractivity contribution in [2.24, 2.45) is 5.41 Å². The van der Waals surface area contributed by atoms with E-state index in [9.17, 15) is 26.3 Å². The van der Waals surface area contributed by atoms with Gasteiger partial charge in [-0.3, -0.25) is 0 Å². The highest BCUT2D eigenvalue weighted by atomic mass is 35.5. The van der Waals surface area contributed by atoms with Gasteiger partial charge in [0.15, 0.2) is 5.41 Å². The summed E-state index contributed by atoms with van der Waals surface area (Å²) in [6.45, 7) is 1.74. The molecule has 0 aliphatic heterocycles. The van der Waals surface area contributed by atoms with E-state index in [-0.39, 0.29) is 12.5 Å². The Balaban J connectivity index is 3.31. The van der Waals surface area contributed by atoms with Crippen LogP contribution in [0.25, 0.3) is 0 Å². The first kappa shape index (κ1) is 16.1. The number of hydrogen-bond donors (Lipinski definition) is 0. The first-order valence-electron chi connectivity index (χ1n) is 5.25. The predicted octanol–water partition coefficient (Wildman–Crippen LogP) is 5.41. The van der Waals surface area contributed by atoms with Gasteiger partial charge in [0.25, 0.3) is 0 Å². The van der Waals surface area contributed by atoms with Crippen molar-refractivity contribution in [3.63, 3.8) is 0 Å². The molecular formula is C12H11ClF6. The van der Waals surface area contributed by atoms with Crippen molar-refractivity contribution in [3.05, 3.63) is 35.4 Å². The second kappa shape index (κ2) is 4.89. The van der Waals surface area contributed by atoms with E-state index in [1.165, 1.54) is 24.3 Å². The number of rotatable bonds is 2. The molecule has 0 fully saturated rings. The maximum atomic E-state index is 12.8. The van der Waals surface area contributed by atoms with Crippen LogP contribution < -0.4 is 0 Å². The molecule has 1 aromatic rings. The van der Waals surface area contributed by atoms with Gasteiger partial charge in [-0.25, -0.2) is 0 Å². The van der Waals surface area contributed by atoms with Crippen molar-refractivity contribution in [3.8, 4) is 0 Å². The van der Waals surface area contributed by atoms with E-state index >= 15 is 0 Å². The Morgan fingerprint density at radius 1 is 0.895 bits per heavy atom. The van der Waals surface area contributed by atoms with Crippen molar-refractivity contribution in [1.82, 2.24) is 0 Å². The van der Waals surface area contributed by atoms with Gasteiger partial charge in [-0.15, -0.1) is 11.6 Å². The Labute approximate surface area is 111 Å². The minimum absolute atomic E-state index is 0.0739. The van der Waals surface area contributed by atoms with Crippen LogP contribution in [-0.4, -0.2) is 12.4 Å². The normalized spacial score (nSPS) is 15.4. The fourth-order valence-corrected chi connectivity index (χ4v) is 1.91. The van der Waals surface area contributed by atoms with Crippen LogP contribution in [0.5, 0.6) is 0 Å². The zero-order chi connectivity index (χ0) is 15.1. The molecule has 0 spiro atoms. The van der Waals surface area contributed by atoms with Crippen molar-refractivity contribution in [2.75, 3.05) is 0 Å². The number of halogens is 7. The summed E-state index contributed by atoms with van der Waals surface area (Å²) in [5.74, 6) is 0. The molecule has 0 saturated carbocycles. The molecule has 7 heteroatoms. The largest absolute Gasteiger partial charge is 0.404 e. The Morgan fingerprint density at radius 3 is 1.58 bits per heavy atom. The highest BCUT2D eigenvalue weighted by molar-refractivity contribution is 6.21. The third kappa shape index (κ3) is 2.83. The Bertz CT molecular complexity index is 417. The first-order chi connectivity index (χ1) is 8.41. The molecule has 0 amide bonds. The zero-order valence-electron chi connectivity index (χ0n) is 10.0. The number of benzene rings is 1. The molecule has 108 valence electrons. The van der Waals surface area contributed by atoms with Crippen LogP contribution >= 0.6 is 11.6 Å². The minimum Gasteiger partial charge on any atom is -0.170 e. The van der Waals surface area contributed by atoms with Crippen molar-refractivity contribution in [2.45, 2.75) is 31.6 Å². The monoisotopic (exact) mass is 304 g/mol. The molecule has 0 aliphatic rings. The Morgan fingerprint density at radius 2 is 1.26 bits per heavy atom. The molecule has 1 rings (SSSR count). The van der Waals surface area contributed by atoms with Gasteiger partial charge in [0.2, 0.25) is 0 Å². The van der Waals surface area contributed by atoms with Crippen LogP contribution in [0.15, 0.2) is 24.3 Å². The van der Waals surface area contributed by atoms with Crippen LogP contribution in [0.2, 0.25) is 0 Å². The highest BCUT2D eigenvalue weighted by Crippen LogP contribution is 2.59. The second-order valence-corrected chi connectivity index (χ2v) is 4.91. The summed E-state index contributed by atoms with van der Waals surface area (Å²) in [7, 11) is 0. The minimum atomic E-state index is -5.50. The van der Waals surface area contributed by atoms with Crippen molar-refractivity contribution in [1.29, 1.82) is 0 Å². The molecular weight excluding hydrogens is 294 g/mol. The van der Waals surface area contributed by atoms with Gasteiger partial charge in [0, 0.05) is 0 Å². The lowest BCUT2D eigenvalue weighted by Gasteiger charge is -2.37. The fraction of sp³-hybridized carbons (Fsp3) is 0.500. The van der Waals surface area contributed by atoms with Crippen molar-refractivity contribution >= 4 is 11.6 Å². The molecule has 1 atom stereocenters. The summed E-state index contributed by atoms with van der Waals surface area (Å²) < 4.78 is 76.9. The van der Waals surface area contributed by atoms with Gasteiger partial charge in [0.05, 0.1) is 5.38 Å². The van der Waals surface area contributed by atoms with Gasteiger partial charge in [-0.05, 0) is 19.4 Å². The van der Waals surface area contributed by atoms with Crippen LogP contribution in [-0.2, 0) is 0 Å². The average Bonchev–Trinajstić information content (AvgIpc) is 2.25. The van der Waals surface area contributed by atoms with Crippen LogP contribution in [0.4, 0.5) is 26.3 Å². The fourth-order valence-electron chi connectivity index (χ4n) is 1.52. The van der Waals surface area contributed by atoms with E-state index in [0.717, 1.165) is 0 Å². The molecule has 19 heavy (non-hydrogen) atoms. The summed E-state index contributed by atoms with van der Waals surface area (Å²) in [6.07, 6.45) is -11.0. The average molecular weight is 305 g/mol. The molecule has 0 radical (unpaired) electrons. The van der Waals surface area contributed by atoms with E-state index < -0.39 is 23.1 Å². The highest BCUT2D eigenvalue weighted by Gasteiger charge is 2.71. The van der Waals surface area contributed by atoms with Crippen LogP contribution in [0.3, 0.4) is 0 Å². The zero-order valence-corrected chi connectivity index (χ0v) is 10.8. The molecule has 0 nitrogen and oxygen atoms in total. The molecule has 0 bridgehead atoms. The lowest BCUT2D eigenvalue weighted by atomic mass is 9.81. The Kier molecular flexibility index (Phi) is 4.15. The standard InChI is InChI=1S/C12H11ClF6/c1-7-3-5-8(6-4-7)9(13)10(2,11(14,15)16)12(17,18)19/h3-6,9H,1-2H3. The van der Waals surface area contributed by atoms with E-state index in [0.29, 0.717) is 5.56 Å². The van der Waals surface area contributed by atoms with Crippen molar-refractivity contribution < 1.29 is 26.3 Å². The van der Waals surface area contributed by atoms with Gasteiger partial charge in [0.1, 0.15) is 0 Å². The van der Waals surface area contributed by atoms with Gasteiger partial charge in [-0.1, -0.05) is 29.8 Å². The number of alkyl halides is 7. The summed E-state index contributed by atoms with van der Waals surface area (Å²) in [5, 5.41) is -2.24.